The van der Waals surface area contributed by atoms with Crippen molar-refractivity contribution in [1.29, 1.82) is 0 Å². The minimum atomic E-state index is -0.692. The van der Waals surface area contributed by atoms with E-state index in [4.69, 9.17) is 9.47 Å². The van der Waals surface area contributed by atoms with Gasteiger partial charge in [-0.25, -0.2) is 14.0 Å². The predicted octanol–water partition coefficient (Wildman–Crippen LogP) is 7.05. The van der Waals surface area contributed by atoms with E-state index in [1.54, 1.807) is 20.8 Å². The second-order valence-corrected chi connectivity index (χ2v) is 16.2. The van der Waals surface area contributed by atoms with E-state index in [0.29, 0.717) is 49.5 Å². The number of alkyl halides is 1. The predicted molar refractivity (Wildman–Crippen MR) is 183 cm³/mol. The molecule has 11 heteroatoms. The van der Waals surface area contributed by atoms with Crippen molar-refractivity contribution < 1.29 is 33.0 Å². The van der Waals surface area contributed by atoms with Gasteiger partial charge in [-0.1, -0.05) is 32.1 Å². The van der Waals surface area contributed by atoms with Crippen LogP contribution >= 0.6 is 0 Å². The number of ether oxygens (including phenoxy) is 2. The Morgan fingerprint density at radius 2 is 1.73 bits per heavy atom. The number of alkyl carbamates (subject to hydrolysis) is 1. The maximum absolute atomic E-state index is 14.3. The van der Waals surface area contributed by atoms with Gasteiger partial charge < -0.3 is 25.0 Å². The fraction of sp³-hybridized carbons (Fsp3) is 0.684. The molecule has 1 aromatic carbocycles. The van der Waals surface area contributed by atoms with E-state index in [-0.39, 0.29) is 35.5 Å². The van der Waals surface area contributed by atoms with Crippen LogP contribution in [0.5, 0.6) is 0 Å². The van der Waals surface area contributed by atoms with Crippen LogP contribution < -0.4 is 10.6 Å². The summed E-state index contributed by atoms with van der Waals surface area (Å²) in [5.41, 5.74) is 0.874. The van der Waals surface area contributed by atoms with Gasteiger partial charge in [-0.2, -0.15) is 0 Å². The van der Waals surface area contributed by atoms with Crippen molar-refractivity contribution in [1.82, 2.24) is 14.8 Å². The SMILES string of the molecule is CC(C)(C)OC(=O)N[C@H](CF)[C@H]1CC[C@H](C(=O)N2CC[C@@H](C3CCCCC3)[C@H]2C(=O)Nc2ccc3c(c2)cc2n3C3(CCC3)OC2=O)CC1. The summed E-state index contributed by atoms with van der Waals surface area (Å²) in [5, 5.41) is 6.75. The smallest absolute Gasteiger partial charge is 0.407 e. The molecule has 0 unspecified atom stereocenters. The first-order valence-electron chi connectivity index (χ1n) is 18.5. The van der Waals surface area contributed by atoms with Gasteiger partial charge in [-0.15, -0.1) is 0 Å². The number of carbonyl (C=O) groups is 4. The first-order valence-corrected chi connectivity index (χ1v) is 18.5. The molecule has 5 aliphatic rings. The van der Waals surface area contributed by atoms with Gasteiger partial charge in [0.15, 0.2) is 5.72 Å². The number of anilines is 1. The monoisotopic (exact) mass is 678 g/mol. The average Bonchev–Trinajstić information content (AvgIpc) is 3.75. The molecule has 1 spiro atoms. The number of hydrogen-bond donors (Lipinski definition) is 2. The molecule has 3 saturated carbocycles. The highest BCUT2D eigenvalue weighted by Crippen LogP contribution is 2.48. The Balaban J connectivity index is 1.05. The molecule has 0 bridgehead atoms. The number of benzene rings is 1. The van der Waals surface area contributed by atoms with E-state index >= 15 is 0 Å². The van der Waals surface area contributed by atoms with Crippen LogP contribution in [0.4, 0.5) is 14.9 Å². The summed E-state index contributed by atoms with van der Waals surface area (Å²) in [7, 11) is 0. The lowest BCUT2D eigenvalue weighted by molar-refractivity contribution is -0.142. The van der Waals surface area contributed by atoms with Gasteiger partial charge in [0.2, 0.25) is 11.8 Å². The Kier molecular flexibility index (Phi) is 9.15. The zero-order valence-corrected chi connectivity index (χ0v) is 29.1. The van der Waals surface area contributed by atoms with Crippen LogP contribution in [0.25, 0.3) is 10.9 Å². The van der Waals surface area contributed by atoms with Crippen LogP contribution in [0.1, 0.15) is 115 Å². The maximum Gasteiger partial charge on any atom is 0.407 e. The molecule has 2 aromatic rings. The molecule has 7 rings (SSSR count). The molecule has 3 heterocycles. The van der Waals surface area contributed by atoms with Gasteiger partial charge in [0.25, 0.3) is 0 Å². The van der Waals surface area contributed by atoms with Crippen molar-refractivity contribution in [2.45, 2.75) is 128 Å². The number of fused-ring (bicyclic) bond motifs is 4. The number of nitrogens with one attached hydrogen (secondary N) is 2. The Morgan fingerprint density at radius 3 is 2.39 bits per heavy atom. The lowest BCUT2D eigenvalue weighted by Gasteiger charge is -2.38. The third-order valence-corrected chi connectivity index (χ3v) is 11.9. The van der Waals surface area contributed by atoms with Crippen LogP contribution in [-0.2, 0) is 24.8 Å². The number of carbonyl (C=O) groups excluding carboxylic acids is 4. The van der Waals surface area contributed by atoms with E-state index in [2.05, 4.69) is 10.6 Å². The van der Waals surface area contributed by atoms with Crippen molar-refractivity contribution in [2.75, 3.05) is 18.5 Å². The summed E-state index contributed by atoms with van der Waals surface area (Å²) in [6.07, 6.45) is 10.9. The van der Waals surface area contributed by atoms with Crippen molar-refractivity contribution in [3.05, 3.63) is 30.0 Å². The fourth-order valence-corrected chi connectivity index (χ4v) is 9.37. The van der Waals surface area contributed by atoms with Crippen molar-refractivity contribution in [3.8, 4) is 0 Å². The lowest BCUT2D eigenvalue weighted by atomic mass is 9.76. The number of halogens is 1. The molecule has 4 fully saturated rings. The molecule has 1 saturated heterocycles. The highest BCUT2D eigenvalue weighted by atomic mass is 19.1. The van der Waals surface area contributed by atoms with E-state index in [9.17, 15) is 23.6 Å². The van der Waals surface area contributed by atoms with Gasteiger partial charge in [0.05, 0.1) is 11.6 Å². The van der Waals surface area contributed by atoms with Crippen molar-refractivity contribution >= 4 is 40.5 Å². The number of aromatic nitrogens is 1. The average molecular weight is 679 g/mol. The van der Waals surface area contributed by atoms with E-state index in [1.165, 1.54) is 6.42 Å². The Bertz CT molecular complexity index is 1600. The highest BCUT2D eigenvalue weighted by Gasteiger charge is 2.51. The number of hydrogen-bond acceptors (Lipinski definition) is 6. The molecule has 10 nitrogen and oxygen atoms in total. The maximum atomic E-state index is 14.3. The van der Waals surface area contributed by atoms with Gasteiger partial charge >= 0.3 is 12.1 Å². The van der Waals surface area contributed by atoms with Crippen molar-refractivity contribution in [3.63, 3.8) is 0 Å². The summed E-state index contributed by atoms with van der Waals surface area (Å²) in [5.74, 6) is -0.260. The molecule has 3 atom stereocenters. The molecule has 2 N–H and O–H groups in total. The second kappa shape index (κ2) is 13.2. The van der Waals surface area contributed by atoms with Gasteiger partial charge in [-0.05, 0) is 101 Å². The standard InChI is InChI=1S/C38H51FN4O6/c1-37(2,3)49-36(47)41-29(22-39)24-10-12-25(13-11-24)34(45)42-19-16-28(23-8-5-4-6-9-23)32(42)33(44)40-27-14-15-30-26(20-27)21-31-35(46)48-38(43(30)31)17-7-18-38/h14-15,20-21,23-25,28-29,32H,4-13,16-19,22H2,1-3H3,(H,40,44)(H,41,47)/t24-,25-,28-,29+,32-/m0/s1. The molecule has 0 radical (unpaired) electrons. The molecular weight excluding hydrogens is 627 g/mol. The molecule has 49 heavy (non-hydrogen) atoms. The number of rotatable bonds is 7. The largest absolute Gasteiger partial charge is 0.444 e. The summed E-state index contributed by atoms with van der Waals surface area (Å²) in [6, 6.07) is 6.40. The van der Waals surface area contributed by atoms with Crippen molar-refractivity contribution in [2.24, 2.45) is 23.7 Å². The first kappa shape index (κ1) is 33.8. The number of amides is 3. The zero-order valence-electron chi connectivity index (χ0n) is 29.1. The van der Waals surface area contributed by atoms with Crippen LogP contribution in [-0.4, -0.2) is 64.2 Å². The third kappa shape index (κ3) is 6.54. The van der Waals surface area contributed by atoms with Crippen LogP contribution in [0.3, 0.4) is 0 Å². The zero-order chi connectivity index (χ0) is 34.5. The molecule has 266 valence electrons. The lowest BCUT2D eigenvalue weighted by Crippen LogP contribution is -2.50. The molecule has 3 aliphatic carbocycles. The van der Waals surface area contributed by atoms with Gasteiger partial charge in [0, 0.05) is 36.4 Å². The fourth-order valence-electron chi connectivity index (χ4n) is 9.37. The Morgan fingerprint density at radius 1 is 1.00 bits per heavy atom. The Hall–Kier alpha value is -3.63. The number of likely N-dealkylation sites (tertiary alicyclic amines) is 1. The van der Waals surface area contributed by atoms with Crippen LogP contribution in [0.2, 0.25) is 0 Å². The molecule has 3 amide bonds. The molecule has 1 aromatic heterocycles. The Labute approximate surface area is 287 Å². The van der Waals surface area contributed by atoms with Gasteiger partial charge in [0.1, 0.15) is 24.0 Å². The van der Waals surface area contributed by atoms with E-state index in [1.807, 2.05) is 33.7 Å². The molecular formula is C38H51FN4O6. The summed E-state index contributed by atoms with van der Waals surface area (Å²) < 4.78 is 27.2. The summed E-state index contributed by atoms with van der Waals surface area (Å²) in [4.78, 5) is 55.3. The minimum absolute atomic E-state index is 0.0115. The molecule has 2 aliphatic heterocycles. The summed E-state index contributed by atoms with van der Waals surface area (Å²) in [6.45, 7) is 5.18. The number of nitrogens with zero attached hydrogens (tertiary/aromatic N) is 2. The van der Waals surface area contributed by atoms with Crippen LogP contribution in [0.15, 0.2) is 24.3 Å². The van der Waals surface area contributed by atoms with Gasteiger partial charge in [-0.3, -0.25) is 14.2 Å². The minimum Gasteiger partial charge on any atom is -0.444 e. The highest BCUT2D eigenvalue weighted by molar-refractivity contribution is 6.02. The first-order chi connectivity index (χ1) is 23.5. The van der Waals surface area contributed by atoms with E-state index < -0.39 is 36.2 Å². The van der Waals surface area contributed by atoms with Crippen LogP contribution in [0, 0.1) is 23.7 Å². The normalized spacial score (nSPS) is 27.3. The van der Waals surface area contributed by atoms with E-state index in [0.717, 1.165) is 62.3 Å². The third-order valence-electron chi connectivity index (χ3n) is 11.9. The second-order valence-electron chi connectivity index (χ2n) is 16.2. The summed E-state index contributed by atoms with van der Waals surface area (Å²) >= 11 is 0. The number of esters is 1. The quantitative estimate of drug-likeness (QED) is 0.303. The topological polar surface area (TPSA) is 119 Å².